The maximum absolute atomic E-state index is 11.8. The van der Waals surface area contributed by atoms with E-state index in [1.807, 2.05) is 0 Å². The predicted molar refractivity (Wildman–Crippen MR) is 83.5 cm³/mol. The van der Waals surface area contributed by atoms with Crippen LogP contribution in [0.15, 0.2) is 41.3 Å². The van der Waals surface area contributed by atoms with E-state index in [9.17, 15) is 14.7 Å². The Bertz CT molecular complexity index is 768. The lowest BCUT2D eigenvalue weighted by molar-refractivity contribution is 0.0843. The van der Waals surface area contributed by atoms with Crippen molar-refractivity contribution in [2.75, 3.05) is 19.9 Å². The summed E-state index contributed by atoms with van der Waals surface area (Å²) < 4.78 is 15.9. The van der Waals surface area contributed by atoms with Crippen molar-refractivity contribution in [2.45, 2.75) is 6.10 Å². The van der Waals surface area contributed by atoms with Crippen LogP contribution in [-0.4, -0.2) is 42.0 Å². The standard InChI is InChI=1S/C16H16N2O6/c19-11(7-18-16(21)10-1-4-15(20)17-6-10)8-22-12-2-3-13-14(5-12)24-9-23-13/h1-6,11,19H,7-9H2,(H,17,20)(H,18,21). The minimum absolute atomic E-state index is 0.00550. The predicted octanol–water partition coefficient (Wildman–Crippen LogP) is 0.273. The number of ether oxygens (including phenoxy) is 3. The molecule has 24 heavy (non-hydrogen) atoms. The van der Waals surface area contributed by atoms with Crippen LogP contribution in [0.2, 0.25) is 0 Å². The van der Waals surface area contributed by atoms with E-state index in [0.29, 0.717) is 22.8 Å². The molecule has 8 heteroatoms. The first-order valence-corrected chi connectivity index (χ1v) is 7.29. The highest BCUT2D eigenvalue weighted by Crippen LogP contribution is 2.35. The van der Waals surface area contributed by atoms with Gasteiger partial charge in [0.2, 0.25) is 12.4 Å². The molecule has 2 aromatic rings. The monoisotopic (exact) mass is 332 g/mol. The van der Waals surface area contributed by atoms with E-state index in [-0.39, 0.29) is 25.5 Å². The van der Waals surface area contributed by atoms with Gasteiger partial charge in [0, 0.05) is 24.9 Å². The van der Waals surface area contributed by atoms with Crippen LogP contribution in [0.1, 0.15) is 10.4 Å². The molecule has 0 fully saturated rings. The smallest absolute Gasteiger partial charge is 0.252 e. The number of rotatable bonds is 6. The zero-order valence-electron chi connectivity index (χ0n) is 12.7. The zero-order valence-corrected chi connectivity index (χ0v) is 12.7. The summed E-state index contributed by atoms with van der Waals surface area (Å²) in [6.45, 7) is 0.201. The number of aliphatic hydroxyl groups excluding tert-OH is 1. The third-order valence-electron chi connectivity index (χ3n) is 3.33. The van der Waals surface area contributed by atoms with Crippen molar-refractivity contribution in [1.29, 1.82) is 0 Å². The van der Waals surface area contributed by atoms with Gasteiger partial charge in [-0.05, 0) is 18.2 Å². The van der Waals surface area contributed by atoms with Crippen molar-refractivity contribution in [1.82, 2.24) is 10.3 Å². The van der Waals surface area contributed by atoms with Crippen LogP contribution in [0.5, 0.6) is 17.2 Å². The number of aromatic amines is 1. The largest absolute Gasteiger partial charge is 0.491 e. The van der Waals surface area contributed by atoms with Crippen molar-refractivity contribution in [3.63, 3.8) is 0 Å². The highest BCUT2D eigenvalue weighted by molar-refractivity contribution is 5.93. The number of amides is 1. The molecule has 0 bridgehead atoms. The molecule has 126 valence electrons. The Labute approximate surface area is 137 Å². The second-order valence-corrected chi connectivity index (χ2v) is 5.13. The molecular formula is C16H16N2O6. The Balaban J connectivity index is 1.45. The Morgan fingerprint density at radius 1 is 1.29 bits per heavy atom. The Kier molecular flexibility index (Phi) is 4.66. The Hall–Kier alpha value is -3.00. The van der Waals surface area contributed by atoms with E-state index in [2.05, 4.69) is 10.3 Å². The molecule has 1 amide bonds. The van der Waals surface area contributed by atoms with Crippen molar-refractivity contribution >= 4 is 5.91 Å². The number of hydrogen-bond donors (Lipinski definition) is 3. The van der Waals surface area contributed by atoms with Gasteiger partial charge < -0.3 is 29.6 Å². The van der Waals surface area contributed by atoms with E-state index in [0.717, 1.165) is 0 Å². The molecular weight excluding hydrogens is 316 g/mol. The lowest BCUT2D eigenvalue weighted by atomic mass is 10.2. The molecule has 0 radical (unpaired) electrons. The van der Waals surface area contributed by atoms with E-state index >= 15 is 0 Å². The lowest BCUT2D eigenvalue weighted by Crippen LogP contribution is -2.35. The summed E-state index contributed by atoms with van der Waals surface area (Å²) in [6, 6.07) is 7.77. The molecule has 3 rings (SSSR count). The Morgan fingerprint density at radius 3 is 2.92 bits per heavy atom. The summed E-state index contributed by atoms with van der Waals surface area (Å²) in [4.78, 5) is 25.2. The van der Waals surface area contributed by atoms with Crippen LogP contribution in [0.3, 0.4) is 0 Å². The fourth-order valence-corrected chi connectivity index (χ4v) is 2.08. The molecule has 1 aliphatic heterocycles. The Morgan fingerprint density at radius 2 is 2.12 bits per heavy atom. The normalized spacial score (nSPS) is 13.4. The number of hydrogen-bond acceptors (Lipinski definition) is 6. The summed E-state index contributed by atoms with van der Waals surface area (Å²) >= 11 is 0. The molecule has 0 spiro atoms. The van der Waals surface area contributed by atoms with Gasteiger partial charge in [0.05, 0.1) is 5.56 Å². The van der Waals surface area contributed by atoms with Gasteiger partial charge in [-0.2, -0.15) is 0 Å². The van der Waals surface area contributed by atoms with Gasteiger partial charge in [-0.25, -0.2) is 0 Å². The first kappa shape index (κ1) is 15.9. The molecule has 1 aliphatic rings. The number of carbonyl (C=O) groups excluding carboxylic acids is 1. The van der Waals surface area contributed by atoms with Crippen molar-refractivity contribution < 1.29 is 24.1 Å². The maximum atomic E-state index is 11.8. The fraction of sp³-hybridized carbons (Fsp3) is 0.250. The molecule has 1 aromatic carbocycles. The molecule has 0 aliphatic carbocycles. The number of H-pyrrole nitrogens is 1. The number of aliphatic hydroxyl groups is 1. The summed E-state index contributed by atoms with van der Waals surface area (Å²) in [7, 11) is 0. The van der Waals surface area contributed by atoms with E-state index in [1.54, 1.807) is 18.2 Å². The average molecular weight is 332 g/mol. The molecule has 2 heterocycles. The van der Waals surface area contributed by atoms with Crippen molar-refractivity contribution in [3.05, 3.63) is 52.4 Å². The van der Waals surface area contributed by atoms with Crippen LogP contribution in [0, 0.1) is 0 Å². The van der Waals surface area contributed by atoms with Gasteiger partial charge in [0.15, 0.2) is 11.5 Å². The molecule has 0 saturated heterocycles. The molecule has 1 unspecified atom stereocenters. The minimum atomic E-state index is -0.887. The van der Waals surface area contributed by atoms with Crippen molar-refractivity contribution in [2.24, 2.45) is 0 Å². The van der Waals surface area contributed by atoms with E-state index in [1.165, 1.54) is 18.3 Å². The fourth-order valence-electron chi connectivity index (χ4n) is 2.08. The SMILES string of the molecule is O=C(NCC(O)COc1ccc2c(c1)OCO2)c1ccc(=O)[nH]c1. The van der Waals surface area contributed by atoms with Crippen LogP contribution >= 0.6 is 0 Å². The van der Waals surface area contributed by atoms with Gasteiger partial charge in [-0.1, -0.05) is 0 Å². The summed E-state index contributed by atoms with van der Waals surface area (Å²) in [5.74, 6) is 1.38. The molecule has 1 aromatic heterocycles. The number of benzene rings is 1. The molecule has 3 N–H and O–H groups in total. The lowest BCUT2D eigenvalue weighted by Gasteiger charge is -2.13. The third kappa shape index (κ3) is 3.85. The molecule has 0 saturated carbocycles. The van der Waals surface area contributed by atoms with Gasteiger partial charge in [0.1, 0.15) is 18.5 Å². The molecule has 1 atom stereocenters. The number of aromatic nitrogens is 1. The van der Waals surface area contributed by atoms with E-state index < -0.39 is 12.0 Å². The molecule has 8 nitrogen and oxygen atoms in total. The van der Waals surface area contributed by atoms with Crippen LogP contribution in [-0.2, 0) is 0 Å². The highest BCUT2D eigenvalue weighted by atomic mass is 16.7. The third-order valence-corrected chi connectivity index (χ3v) is 3.33. The average Bonchev–Trinajstić information content (AvgIpc) is 3.06. The summed E-state index contributed by atoms with van der Waals surface area (Å²) in [6.07, 6.45) is 0.426. The summed E-state index contributed by atoms with van der Waals surface area (Å²) in [5, 5.41) is 12.5. The van der Waals surface area contributed by atoms with Gasteiger partial charge >= 0.3 is 0 Å². The zero-order chi connectivity index (χ0) is 16.9. The van der Waals surface area contributed by atoms with Gasteiger partial charge in [-0.15, -0.1) is 0 Å². The van der Waals surface area contributed by atoms with Gasteiger partial charge in [0.25, 0.3) is 5.91 Å². The highest BCUT2D eigenvalue weighted by Gasteiger charge is 2.15. The second kappa shape index (κ2) is 7.05. The van der Waals surface area contributed by atoms with Crippen LogP contribution in [0.4, 0.5) is 0 Å². The first-order chi connectivity index (χ1) is 11.6. The van der Waals surface area contributed by atoms with Crippen LogP contribution in [0.25, 0.3) is 0 Å². The topological polar surface area (TPSA) is 110 Å². The minimum Gasteiger partial charge on any atom is -0.491 e. The van der Waals surface area contributed by atoms with E-state index in [4.69, 9.17) is 14.2 Å². The second-order valence-electron chi connectivity index (χ2n) is 5.13. The first-order valence-electron chi connectivity index (χ1n) is 7.29. The van der Waals surface area contributed by atoms with Crippen LogP contribution < -0.4 is 25.1 Å². The summed E-state index contributed by atoms with van der Waals surface area (Å²) in [5.41, 5.74) is 0.0159. The van der Waals surface area contributed by atoms with Gasteiger partial charge in [-0.3, -0.25) is 9.59 Å². The number of fused-ring (bicyclic) bond motifs is 1. The number of nitrogens with one attached hydrogen (secondary N) is 2. The number of carbonyl (C=O) groups is 1. The quantitative estimate of drug-likeness (QED) is 0.701. The maximum Gasteiger partial charge on any atom is 0.252 e. The number of pyridine rings is 1. The van der Waals surface area contributed by atoms with Crippen molar-refractivity contribution in [3.8, 4) is 17.2 Å².